The molecule has 0 radical (unpaired) electrons. The van der Waals surface area contributed by atoms with Crippen molar-refractivity contribution in [2.75, 3.05) is 0 Å². The molecule has 2 aliphatic rings. The molecule has 0 spiro atoms. The Kier molecular flexibility index (Phi) is 1.40. The average molecular weight is 184 g/mol. The minimum absolute atomic E-state index is 0.530. The number of pyridine rings is 1. The van der Waals surface area contributed by atoms with E-state index in [4.69, 9.17) is 12.2 Å². The normalized spacial score (nSPS) is 10.5. The molecule has 0 amide bonds. The number of hydrogen-bond donors (Lipinski definition) is 1. The Balaban J connectivity index is 2.89. The Morgan fingerprint density at radius 3 is 3.18 bits per heavy atom. The van der Waals surface area contributed by atoms with Gasteiger partial charge in [0.15, 0.2) is 9.78 Å². The molecule has 0 aliphatic carbocycles. The van der Waals surface area contributed by atoms with E-state index in [1.807, 2.05) is 6.07 Å². The second-order valence-electron chi connectivity index (χ2n) is 2.02. The lowest BCUT2D eigenvalue weighted by molar-refractivity contribution is 0.187. The quantitative estimate of drug-likeness (QED) is 0.503. The molecular weight excluding hydrogens is 180 g/mol. The lowest BCUT2D eigenvalue weighted by Crippen LogP contribution is -1.95. The predicted molar refractivity (Wildman–Crippen MR) is 44.7 cm³/mol. The summed E-state index contributed by atoms with van der Waals surface area (Å²) in [6.07, 6.45) is 1.52. The van der Waals surface area contributed by atoms with Crippen LogP contribution in [0.5, 0.6) is 0 Å². The van der Waals surface area contributed by atoms with Crippen molar-refractivity contribution in [2.24, 2.45) is 0 Å². The standard InChI is InChI=1S/C6H4N2OS2/c9-8-3-1-2-4-5(8)7-6(10)11-4/h1-3,9H. The van der Waals surface area contributed by atoms with Gasteiger partial charge in [0.1, 0.15) is 0 Å². The highest BCUT2D eigenvalue weighted by Crippen LogP contribution is 2.24. The second kappa shape index (κ2) is 2.28. The van der Waals surface area contributed by atoms with Crippen molar-refractivity contribution in [1.29, 1.82) is 0 Å². The van der Waals surface area contributed by atoms with Gasteiger partial charge in [-0.05, 0) is 24.4 Å². The topological polar surface area (TPSA) is 38.0 Å². The summed E-state index contributed by atoms with van der Waals surface area (Å²) < 4.78 is 1.52. The number of rotatable bonds is 0. The highest BCUT2D eigenvalue weighted by Gasteiger charge is 2.08. The van der Waals surface area contributed by atoms with Gasteiger partial charge in [0, 0.05) is 6.20 Å². The van der Waals surface area contributed by atoms with Crippen LogP contribution >= 0.6 is 23.6 Å². The number of hydrogen-bond acceptors (Lipinski definition) is 4. The summed E-state index contributed by atoms with van der Waals surface area (Å²) in [6.45, 7) is 0. The first-order valence-corrected chi connectivity index (χ1v) is 4.17. The third-order valence-electron chi connectivity index (χ3n) is 1.31. The van der Waals surface area contributed by atoms with Crippen molar-refractivity contribution < 1.29 is 5.21 Å². The number of thiazole rings is 1. The molecule has 3 nitrogen and oxygen atoms in total. The summed E-state index contributed by atoms with van der Waals surface area (Å²) in [6, 6.07) is 3.62. The van der Waals surface area contributed by atoms with Crippen LogP contribution in [0.4, 0.5) is 0 Å². The summed E-state index contributed by atoms with van der Waals surface area (Å²) in [4.78, 5) is 4.86. The zero-order chi connectivity index (χ0) is 7.84. The molecule has 0 atom stereocenters. The molecule has 11 heavy (non-hydrogen) atoms. The van der Waals surface area contributed by atoms with E-state index in [0.717, 1.165) is 9.61 Å². The van der Waals surface area contributed by atoms with Crippen LogP contribution in [0.25, 0.3) is 10.7 Å². The second-order valence-corrected chi connectivity index (χ2v) is 3.70. The van der Waals surface area contributed by atoms with Gasteiger partial charge < -0.3 is 5.21 Å². The minimum Gasteiger partial charge on any atom is -0.427 e. The molecule has 0 saturated heterocycles. The van der Waals surface area contributed by atoms with E-state index in [0.29, 0.717) is 9.78 Å². The Morgan fingerprint density at radius 1 is 1.64 bits per heavy atom. The molecule has 1 N–H and O–H groups in total. The lowest BCUT2D eigenvalue weighted by Gasteiger charge is -1.99. The van der Waals surface area contributed by atoms with Crippen molar-refractivity contribution in [3.63, 3.8) is 0 Å². The van der Waals surface area contributed by atoms with E-state index in [9.17, 15) is 5.21 Å². The molecule has 0 fully saturated rings. The maximum atomic E-state index is 9.20. The number of aromatic nitrogens is 2. The molecule has 0 aromatic heterocycles. The summed E-state index contributed by atoms with van der Waals surface area (Å²) in [5.41, 5.74) is 0. The van der Waals surface area contributed by atoms with Crippen LogP contribution in [0.3, 0.4) is 0 Å². The SMILES string of the molecule is On1cccc2sc(=S)nc1-2. The van der Waals surface area contributed by atoms with Gasteiger partial charge >= 0.3 is 0 Å². The van der Waals surface area contributed by atoms with Crippen LogP contribution in [0.15, 0.2) is 18.3 Å². The largest absolute Gasteiger partial charge is 0.427 e. The van der Waals surface area contributed by atoms with Crippen LogP contribution in [0, 0.1) is 3.95 Å². The van der Waals surface area contributed by atoms with Crippen molar-refractivity contribution in [2.45, 2.75) is 0 Å². The van der Waals surface area contributed by atoms with E-state index in [1.165, 1.54) is 17.5 Å². The monoisotopic (exact) mass is 184 g/mol. The number of nitrogens with zero attached hydrogens (tertiary/aromatic N) is 2. The maximum Gasteiger partial charge on any atom is 0.187 e. The van der Waals surface area contributed by atoms with Gasteiger partial charge in [-0.2, -0.15) is 4.73 Å². The molecule has 56 valence electrons. The molecule has 0 saturated carbocycles. The summed E-state index contributed by atoms with van der Waals surface area (Å²) in [5.74, 6) is 0.530. The summed E-state index contributed by atoms with van der Waals surface area (Å²) in [7, 11) is 0. The molecule has 0 aromatic rings. The Labute approximate surface area is 71.9 Å². The van der Waals surface area contributed by atoms with Gasteiger partial charge in [-0.1, -0.05) is 0 Å². The van der Waals surface area contributed by atoms with Gasteiger partial charge in [0.2, 0.25) is 0 Å². The highest BCUT2D eigenvalue weighted by atomic mass is 32.1. The first-order valence-electron chi connectivity index (χ1n) is 2.95. The number of fused-ring (bicyclic) bond motifs is 1. The lowest BCUT2D eigenvalue weighted by atomic mass is 10.4. The van der Waals surface area contributed by atoms with Crippen LogP contribution < -0.4 is 0 Å². The van der Waals surface area contributed by atoms with Gasteiger partial charge in [0.05, 0.1) is 4.88 Å². The molecule has 5 heteroatoms. The molecule has 0 aromatic carbocycles. The van der Waals surface area contributed by atoms with E-state index in [2.05, 4.69) is 4.98 Å². The average Bonchev–Trinajstić information content (AvgIpc) is 2.31. The Hall–Kier alpha value is -0.940. The molecule has 2 aliphatic heterocycles. The van der Waals surface area contributed by atoms with Gasteiger partial charge in [-0.25, -0.2) is 4.98 Å². The third-order valence-corrected chi connectivity index (χ3v) is 2.45. The fourth-order valence-corrected chi connectivity index (χ4v) is 1.91. The molecule has 0 unspecified atom stereocenters. The Bertz CT molecular complexity index is 406. The first kappa shape index (κ1) is 6.75. The predicted octanol–water partition coefficient (Wildman–Crippen LogP) is 2.02. The van der Waals surface area contributed by atoms with Crippen molar-refractivity contribution >= 4 is 23.6 Å². The first-order chi connectivity index (χ1) is 5.27. The van der Waals surface area contributed by atoms with Gasteiger partial charge in [-0.15, -0.1) is 11.3 Å². The van der Waals surface area contributed by atoms with Crippen LogP contribution in [0.2, 0.25) is 0 Å². The minimum atomic E-state index is 0.530. The van der Waals surface area contributed by atoms with Crippen LogP contribution in [-0.4, -0.2) is 14.9 Å². The smallest absolute Gasteiger partial charge is 0.187 e. The fourth-order valence-electron chi connectivity index (χ4n) is 0.859. The highest BCUT2D eigenvalue weighted by molar-refractivity contribution is 7.73. The van der Waals surface area contributed by atoms with Crippen molar-refractivity contribution in [1.82, 2.24) is 9.71 Å². The van der Waals surface area contributed by atoms with E-state index >= 15 is 0 Å². The van der Waals surface area contributed by atoms with Crippen LogP contribution in [-0.2, 0) is 0 Å². The zero-order valence-corrected chi connectivity index (χ0v) is 7.02. The van der Waals surface area contributed by atoms with E-state index in [-0.39, 0.29) is 0 Å². The molecular formula is C6H4N2OS2. The van der Waals surface area contributed by atoms with Gasteiger partial charge in [-0.3, -0.25) is 0 Å². The molecule has 2 heterocycles. The summed E-state index contributed by atoms with van der Waals surface area (Å²) in [5, 5.41) is 9.20. The fraction of sp³-hybridized carbons (Fsp3) is 0. The summed E-state index contributed by atoms with van der Waals surface area (Å²) >= 11 is 6.24. The maximum absolute atomic E-state index is 9.20. The molecule has 0 bridgehead atoms. The van der Waals surface area contributed by atoms with Crippen molar-refractivity contribution in [3.8, 4) is 10.7 Å². The molecule has 2 rings (SSSR count). The van der Waals surface area contributed by atoms with Crippen molar-refractivity contribution in [3.05, 3.63) is 22.3 Å². The Morgan fingerprint density at radius 2 is 2.45 bits per heavy atom. The van der Waals surface area contributed by atoms with Gasteiger partial charge in [0.25, 0.3) is 0 Å². The van der Waals surface area contributed by atoms with E-state index in [1.54, 1.807) is 6.07 Å². The van der Waals surface area contributed by atoms with E-state index < -0.39 is 0 Å². The third kappa shape index (κ3) is 1.02. The zero-order valence-electron chi connectivity index (χ0n) is 5.39. The van der Waals surface area contributed by atoms with Crippen LogP contribution in [0.1, 0.15) is 0 Å².